The maximum atomic E-state index is 11.8. The van der Waals surface area contributed by atoms with Gasteiger partial charge in [0.2, 0.25) is 10.0 Å². The van der Waals surface area contributed by atoms with E-state index in [0.717, 1.165) is 29.2 Å². The molecule has 0 spiro atoms. The summed E-state index contributed by atoms with van der Waals surface area (Å²) in [6.45, 7) is 4.48. The maximum Gasteiger partial charge on any atom is 0.240 e. The molecule has 114 valence electrons. The minimum Gasteiger partial charge on any atom is -0.464 e. The smallest absolute Gasteiger partial charge is 0.240 e. The van der Waals surface area contributed by atoms with Gasteiger partial charge >= 0.3 is 0 Å². The number of sulfonamides is 1. The zero-order chi connectivity index (χ0) is 15.5. The average Bonchev–Trinajstić information content (AvgIpc) is 2.94. The van der Waals surface area contributed by atoms with Crippen molar-refractivity contribution in [2.45, 2.75) is 31.7 Å². The van der Waals surface area contributed by atoms with Crippen LogP contribution in [0.2, 0.25) is 0 Å². The summed E-state index contributed by atoms with van der Waals surface area (Å²) < 4.78 is 31.6. The van der Waals surface area contributed by atoms with Gasteiger partial charge < -0.3 is 9.73 Å². The topological polar surface area (TPSA) is 71.3 Å². The highest BCUT2D eigenvalue weighted by molar-refractivity contribution is 7.89. The van der Waals surface area contributed by atoms with Gasteiger partial charge in [0.25, 0.3) is 0 Å². The lowest BCUT2D eigenvalue weighted by Crippen LogP contribution is -2.18. The zero-order valence-corrected chi connectivity index (χ0v) is 13.3. The van der Waals surface area contributed by atoms with E-state index in [1.165, 1.54) is 7.05 Å². The summed E-state index contributed by atoms with van der Waals surface area (Å²) in [5.74, 6) is 1.77. The van der Waals surface area contributed by atoms with Gasteiger partial charge in [-0.1, -0.05) is 13.0 Å². The average molecular weight is 308 g/mol. The third-order valence-electron chi connectivity index (χ3n) is 3.31. The van der Waals surface area contributed by atoms with Crippen LogP contribution in [0.1, 0.15) is 24.0 Å². The van der Waals surface area contributed by atoms with Crippen LogP contribution in [0.4, 0.5) is 5.69 Å². The van der Waals surface area contributed by atoms with Crippen molar-refractivity contribution in [1.82, 2.24) is 4.72 Å². The lowest BCUT2D eigenvalue weighted by Gasteiger charge is -2.11. The molecule has 0 fully saturated rings. The molecule has 0 saturated heterocycles. The molecule has 6 heteroatoms. The van der Waals surface area contributed by atoms with Gasteiger partial charge in [0, 0.05) is 12.1 Å². The third kappa shape index (κ3) is 3.65. The normalized spacial score (nSPS) is 11.6. The van der Waals surface area contributed by atoms with E-state index in [9.17, 15) is 8.42 Å². The van der Waals surface area contributed by atoms with Crippen LogP contribution in [0.15, 0.2) is 39.6 Å². The van der Waals surface area contributed by atoms with Crippen LogP contribution >= 0.6 is 0 Å². The van der Waals surface area contributed by atoms with Gasteiger partial charge in [-0.3, -0.25) is 0 Å². The van der Waals surface area contributed by atoms with Gasteiger partial charge in [0.15, 0.2) is 0 Å². The van der Waals surface area contributed by atoms with Crippen LogP contribution in [0.25, 0.3) is 0 Å². The lowest BCUT2D eigenvalue weighted by molar-refractivity contribution is 0.476. The molecule has 2 N–H and O–H groups in total. The van der Waals surface area contributed by atoms with Crippen LogP contribution < -0.4 is 10.0 Å². The monoisotopic (exact) mass is 308 g/mol. The summed E-state index contributed by atoms with van der Waals surface area (Å²) in [7, 11) is -2.03. The SMILES string of the molecule is CCc1ccc(CNc2cc(S(=O)(=O)NC)ccc2C)o1. The van der Waals surface area contributed by atoms with Crippen molar-refractivity contribution in [1.29, 1.82) is 0 Å². The Kier molecular flexibility index (Phi) is 4.69. The molecule has 0 aliphatic rings. The number of hydrogen-bond acceptors (Lipinski definition) is 4. The molecule has 5 nitrogen and oxygen atoms in total. The fourth-order valence-electron chi connectivity index (χ4n) is 1.97. The number of anilines is 1. The van der Waals surface area contributed by atoms with E-state index < -0.39 is 10.0 Å². The first-order valence-corrected chi connectivity index (χ1v) is 8.30. The van der Waals surface area contributed by atoms with Crippen LogP contribution in [-0.2, 0) is 23.0 Å². The summed E-state index contributed by atoms with van der Waals surface area (Å²) in [4.78, 5) is 0.242. The predicted octanol–water partition coefficient (Wildman–Crippen LogP) is 2.67. The number of aryl methyl sites for hydroxylation is 2. The van der Waals surface area contributed by atoms with Crippen molar-refractivity contribution < 1.29 is 12.8 Å². The van der Waals surface area contributed by atoms with Crippen molar-refractivity contribution >= 4 is 15.7 Å². The van der Waals surface area contributed by atoms with Crippen molar-refractivity contribution in [3.05, 3.63) is 47.4 Å². The van der Waals surface area contributed by atoms with Gasteiger partial charge in [-0.25, -0.2) is 13.1 Å². The van der Waals surface area contributed by atoms with Gasteiger partial charge in [0.1, 0.15) is 11.5 Å². The number of furan rings is 1. The highest BCUT2D eigenvalue weighted by Gasteiger charge is 2.13. The van der Waals surface area contributed by atoms with E-state index in [1.807, 2.05) is 26.0 Å². The highest BCUT2D eigenvalue weighted by Crippen LogP contribution is 2.21. The van der Waals surface area contributed by atoms with Gasteiger partial charge in [-0.05, 0) is 43.8 Å². The molecule has 0 amide bonds. The van der Waals surface area contributed by atoms with Crippen LogP contribution in [0, 0.1) is 6.92 Å². The second-order valence-corrected chi connectivity index (χ2v) is 6.65. The summed E-state index contributed by atoms with van der Waals surface area (Å²) in [5.41, 5.74) is 1.76. The molecule has 2 rings (SSSR count). The molecule has 0 atom stereocenters. The maximum absolute atomic E-state index is 11.8. The summed E-state index contributed by atoms with van der Waals surface area (Å²) in [5, 5.41) is 3.22. The number of rotatable bonds is 6. The van der Waals surface area contributed by atoms with E-state index in [4.69, 9.17) is 4.42 Å². The quantitative estimate of drug-likeness (QED) is 0.860. The fraction of sp³-hybridized carbons (Fsp3) is 0.333. The Labute approximate surface area is 125 Å². The van der Waals surface area contributed by atoms with Crippen molar-refractivity contribution in [3.8, 4) is 0 Å². The fourth-order valence-corrected chi connectivity index (χ4v) is 2.72. The molecule has 0 aliphatic carbocycles. The molecule has 0 saturated carbocycles. The van der Waals surface area contributed by atoms with E-state index in [0.29, 0.717) is 6.54 Å². The second-order valence-electron chi connectivity index (χ2n) is 4.76. The molecule has 0 aliphatic heterocycles. The lowest BCUT2D eigenvalue weighted by atomic mass is 10.2. The first-order chi connectivity index (χ1) is 9.96. The van der Waals surface area contributed by atoms with Crippen LogP contribution in [0.3, 0.4) is 0 Å². The molecule has 0 radical (unpaired) electrons. The molecular weight excluding hydrogens is 288 g/mol. The molecule has 1 heterocycles. The van der Waals surface area contributed by atoms with Gasteiger partial charge in [-0.15, -0.1) is 0 Å². The van der Waals surface area contributed by atoms with Crippen molar-refractivity contribution in [3.63, 3.8) is 0 Å². The first kappa shape index (κ1) is 15.6. The summed E-state index contributed by atoms with van der Waals surface area (Å²) in [6.07, 6.45) is 0.856. The minimum atomic E-state index is -3.43. The summed E-state index contributed by atoms with van der Waals surface area (Å²) >= 11 is 0. The number of benzene rings is 1. The predicted molar refractivity (Wildman–Crippen MR) is 82.8 cm³/mol. The molecule has 0 bridgehead atoms. The number of hydrogen-bond donors (Lipinski definition) is 2. The molecule has 0 unspecified atom stereocenters. The zero-order valence-electron chi connectivity index (χ0n) is 12.4. The van der Waals surface area contributed by atoms with E-state index in [1.54, 1.807) is 18.2 Å². The Morgan fingerprint density at radius 3 is 2.48 bits per heavy atom. The highest BCUT2D eigenvalue weighted by atomic mass is 32.2. The van der Waals surface area contributed by atoms with E-state index >= 15 is 0 Å². The van der Waals surface area contributed by atoms with E-state index in [2.05, 4.69) is 10.0 Å². The Hall–Kier alpha value is -1.79. The largest absolute Gasteiger partial charge is 0.464 e. The minimum absolute atomic E-state index is 0.242. The standard InChI is InChI=1S/C15H20N2O3S/c1-4-12-6-7-13(20-12)10-17-15-9-14(8-5-11(15)2)21(18,19)16-3/h5-9,16-17H,4,10H2,1-3H3. The summed E-state index contributed by atoms with van der Waals surface area (Å²) in [6, 6.07) is 8.88. The third-order valence-corrected chi connectivity index (χ3v) is 4.72. The van der Waals surface area contributed by atoms with Gasteiger partial charge in [-0.2, -0.15) is 0 Å². The van der Waals surface area contributed by atoms with Crippen molar-refractivity contribution in [2.24, 2.45) is 0 Å². The van der Waals surface area contributed by atoms with E-state index in [-0.39, 0.29) is 4.90 Å². The van der Waals surface area contributed by atoms with Crippen LogP contribution in [-0.4, -0.2) is 15.5 Å². The Balaban J connectivity index is 2.17. The Bertz CT molecular complexity index is 720. The van der Waals surface area contributed by atoms with Gasteiger partial charge in [0.05, 0.1) is 11.4 Å². The molecule has 21 heavy (non-hydrogen) atoms. The Morgan fingerprint density at radius 2 is 1.86 bits per heavy atom. The Morgan fingerprint density at radius 1 is 1.14 bits per heavy atom. The second kappa shape index (κ2) is 6.32. The number of nitrogens with one attached hydrogen (secondary N) is 2. The molecule has 2 aromatic rings. The van der Waals surface area contributed by atoms with Crippen molar-refractivity contribution in [2.75, 3.05) is 12.4 Å². The van der Waals surface area contributed by atoms with Crippen LogP contribution in [0.5, 0.6) is 0 Å². The first-order valence-electron chi connectivity index (χ1n) is 6.82. The molecule has 1 aromatic heterocycles. The molecular formula is C15H20N2O3S. The molecule has 1 aromatic carbocycles.